The molecule has 0 spiro atoms. The number of fused-ring (bicyclic) bond motifs is 1. The average molecular weight is 255 g/mol. The van der Waals surface area contributed by atoms with Crippen molar-refractivity contribution in [2.45, 2.75) is 83.8 Å². The average Bonchev–Trinajstić information content (AvgIpc) is 2.64. The third kappa shape index (κ3) is 3.25. The largest absolute Gasteiger partial charge is 0.344 e. The Balaban J connectivity index is 1.86. The molecule has 0 amide bonds. The van der Waals surface area contributed by atoms with E-state index >= 15 is 0 Å². The van der Waals surface area contributed by atoms with E-state index in [1.807, 2.05) is 0 Å². The Morgan fingerprint density at radius 3 is 2.61 bits per heavy atom. The maximum atomic E-state index is 6.22. The Morgan fingerprint density at radius 2 is 1.94 bits per heavy atom. The van der Waals surface area contributed by atoms with Crippen LogP contribution in [0.15, 0.2) is 0 Å². The number of hydrogen-bond acceptors (Lipinski definition) is 3. The molecule has 18 heavy (non-hydrogen) atoms. The molecule has 2 aliphatic rings. The molecule has 0 aliphatic carbocycles. The molecule has 2 heterocycles. The maximum absolute atomic E-state index is 6.22. The topological polar surface area (TPSA) is 21.7 Å². The first-order chi connectivity index (χ1) is 8.54. The van der Waals surface area contributed by atoms with Gasteiger partial charge in [-0.3, -0.25) is 4.90 Å². The van der Waals surface area contributed by atoms with E-state index in [4.69, 9.17) is 9.47 Å². The molecule has 0 aromatic carbocycles. The molecule has 0 aromatic rings. The van der Waals surface area contributed by atoms with Crippen LogP contribution in [0, 0.1) is 0 Å². The van der Waals surface area contributed by atoms with E-state index in [-0.39, 0.29) is 11.9 Å². The minimum Gasteiger partial charge on any atom is -0.344 e. The van der Waals surface area contributed by atoms with Gasteiger partial charge >= 0.3 is 0 Å². The SMILES string of the molecule is CCCCCC1(C)OC2CCN(C(C)C)CC2O1. The molecule has 0 aromatic heterocycles. The van der Waals surface area contributed by atoms with Crippen molar-refractivity contribution in [3.05, 3.63) is 0 Å². The van der Waals surface area contributed by atoms with Crippen LogP contribution in [0.1, 0.15) is 59.8 Å². The van der Waals surface area contributed by atoms with Crippen molar-refractivity contribution >= 4 is 0 Å². The quantitative estimate of drug-likeness (QED) is 0.704. The molecule has 0 N–H and O–H groups in total. The van der Waals surface area contributed by atoms with Gasteiger partial charge in [0.15, 0.2) is 5.79 Å². The van der Waals surface area contributed by atoms with Gasteiger partial charge in [0.05, 0.1) is 12.2 Å². The first-order valence-corrected chi connectivity index (χ1v) is 7.64. The number of nitrogens with zero attached hydrogens (tertiary/aromatic N) is 1. The standard InChI is InChI=1S/C15H29NO2/c1-5-6-7-9-15(4)17-13-8-10-16(12(2)3)11-14(13)18-15/h12-14H,5-11H2,1-4H3. The lowest BCUT2D eigenvalue weighted by atomic mass is 10.0. The highest BCUT2D eigenvalue weighted by Gasteiger charge is 2.46. The van der Waals surface area contributed by atoms with Gasteiger partial charge in [0, 0.05) is 25.6 Å². The molecule has 0 saturated carbocycles. The first kappa shape index (κ1) is 14.3. The van der Waals surface area contributed by atoms with Gasteiger partial charge in [-0.2, -0.15) is 0 Å². The Labute approximate surface area is 112 Å². The van der Waals surface area contributed by atoms with Crippen molar-refractivity contribution < 1.29 is 9.47 Å². The van der Waals surface area contributed by atoms with Crippen LogP contribution in [-0.4, -0.2) is 42.0 Å². The summed E-state index contributed by atoms with van der Waals surface area (Å²) in [4.78, 5) is 2.50. The fourth-order valence-electron chi connectivity index (χ4n) is 3.12. The van der Waals surface area contributed by atoms with Crippen LogP contribution in [0.2, 0.25) is 0 Å². The van der Waals surface area contributed by atoms with Crippen molar-refractivity contribution in [1.82, 2.24) is 4.90 Å². The van der Waals surface area contributed by atoms with Crippen molar-refractivity contribution in [2.75, 3.05) is 13.1 Å². The smallest absolute Gasteiger partial charge is 0.166 e. The molecule has 2 aliphatic heterocycles. The summed E-state index contributed by atoms with van der Waals surface area (Å²) in [7, 11) is 0. The third-order valence-corrected chi connectivity index (χ3v) is 4.30. The van der Waals surface area contributed by atoms with Gasteiger partial charge in [-0.25, -0.2) is 0 Å². The van der Waals surface area contributed by atoms with Crippen LogP contribution < -0.4 is 0 Å². The Kier molecular flexibility index (Phi) is 4.68. The van der Waals surface area contributed by atoms with Crippen molar-refractivity contribution in [3.63, 3.8) is 0 Å². The molecule has 2 saturated heterocycles. The summed E-state index contributed by atoms with van der Waals surface area (Å²) in [5, 5.41) is 0. The molecule has 3 unspecified atom stereocenters. The van der Waals surface area contributed by atoms with Crippen molar-refractivity contribution in [3.8, 4) is 0 Å². The number of rotatable bonds is 5. The fourth-order valence-corrected chi connectivity index (χ4v) is 3.12. The summed E-state index contributed by atoms with van der Waals surface area (Å²) < 4.78 is 12.4. The molecule has 106 valence electrons. The lowest BCUT2D eigenvalue weighted by molar-refractivity contribution is -0.165. The molecule has 0 radical (unpaired) electrons. The highest BCUT2D eigenvalue weighted by molar-refractivity contribution is 4.90. The molecule has 2 rings (SSSR count). The summed E-state index contributed by atoms with van der Waals surface area (Å²) in [5.74, 6) is -0.322. The van der Waals surface area contributed by atoms with Crippen LogP contribution in [0.5, 0.6) is 0 Å². The highest BCUT2D eigenvalue weighted by Crippen LogP contribution is 2.36. The predicted molar refractivity (Wildman–Crippen MR) is 73.6 cm³/mol. The zero-order valence-corrected chi connectivity index (χ0v) is 12.4. The fraction of sp³-hybridized carbons (Fsp3) is 1.00. The van der Waals surface area contributed by atoms with E-state index < -0.39 is 0 Å². The van der Waals surface area contributed by atoms with E-state index in [1.54, 1.807) is 0 Å². The van der Waals surface area contributed by atoms with Crippen LogP contribution in [0.25, 0.3) is 0 Å². The number of piperidine rings is 1. The summed E-state index contributed by atoms with van der Waals surface area (Å²) >= 11 is 0. The summed E-state index contributed by atoms with van der Waals surface area (Å²) in [6.45, 7) is 11.1. The van der Waals surface area contributed by atoms with Crippen molar-refractivity contribution in [2.24, 2.45) is 0 Å². The van der Waals surface area contributed by atoms with E-state index in [2.05, 4.69) is 32.6 Å². The van der Waals surface area contributed by atoms with Gasteiger partial charge in [-0.05, 0) is 33.6 Å². The number of hydrogen-bond donors (Lipinski definition) is 0. The van der Waals surface area contributed by atoms with E-state index in [1.165, 1.54) is 19.3 Å². The second kappa shape index (κ2) is 5.89. The van der Waals surface area contributed by atoms with Crippen LogP contribution in [0.3, 0.4) is 0 Å². The Bertz CT molecular complexity index is 269. The van der Waals surface area contributed by atoms with E-state index in [9.17, 15) is 0 Å². The minimum atomic E-state index is -0.322. The highest BCUT2D eigenvalue weighted by atomic mass is 16.8. The van der Waals surface area contributed by atoms with Crippen molar-refractivity contribution in [1.29, 1.82) is 0 Å². The Morgan fingerprint density at radius 1 is 1.22 bits per heavy atom. The summed E-state index contributed by atoms with van der Waals surface area (Å²) in [6.07, 6.45) is 6.50. The second-order valence-corrected chi connectivity index (χ2v) is 6.28. The van der Waals surface area contributed by atoms with E-state index in [0.29, 0.717) is 12.1 Å². The molecule has 3 heteroatoms. The molecule has 0 bridgehead atoms. The van der Waals surface area contributed by atoms with Crippen LogP contribution in [-0.2, 0) is 9.47 Å². The molecule has 2 fully saturated rings. The molecular weight excluding hydrogens is 226 g/mol. The van der Waals surface area contributed by atoms with Gasteiger partial charge in [-0.15, -0.1) is 0 Å². The normalized spacial score (nSPS) is 37.2. The number of likely N-dealkylation sites (tertiary alicyclic amines) is 1. The first-order valence-electron chi connectivity index (χ1n) is 7.64. The van der Waals surface area contributed by atoms with E-state index in [0.717, 1.165) is 25.9 Å². The monoisotopic (exact) mass is 255 g/mol. The van der Waals surface area contributed by atoms with Gasteiger partial charge in [0.25, 0.3) is 0 Å². The van der Waals surface area contributed by atoms with Crippen LogP contribution >= 0.6 is 0 Å². The molecular formula is C15H29NO2. The summed E-state index contributed by atoms with van der Waals surface area (Å²) in [5.41, 5.74) is 0. The third-order valence-electron chi connectivity index (χ3n) is 4.30. The number of ether oxygens (including phenoxy) is 2. The number of unbranched alkanes of at least 4 members (excludes halogenated alkanes) is 2. The zero-order chi connectivity index (χ0) is 13.2. The van der Waals surface area contributed by atoms with Gasteiger partial charge in [-0.1, -0.05) is 19.8 Å². The zero-order valence-electron chi connectivity index (χ0n) is 12.4. The lowest BCUT2D eigenvalue weighted by Crippen LogP contribution is -2.47. The van der Waals surface area contributed by atoms with Gasteiger partial charge in [0.2, 0.25) is 0 Å². The van der Waals surface area contributed by atoms with Gasteiger partial charge in [0.1, 0.15) is 0 Å². The maximum Gasteiger partial charge on any atom is 0.166 e. The molecule has 3 atom stereocenters. The van der Waals surface area contributed by atoms with Crippen LogP contribution in [0.4, 0.5) is 0 Å². The second-order valence-electron chi connectivity index (χ2n) is 6.28. The molecule has 3 nitrogen and oxygen atoms in total. The summed E-state index contributed by atoms with van der Waals surface area (Å²) in [6, 6.07) is 0.612. The minimum absolute atomic E-state index is 0.285. The van der Waals surface area contributed by atoms with Gasteiger partial charge < -0.3 is 9.47 Å². The lowest BCUT2D eigenvalue weighted by Gasteiger charge is -2.35. The Hall–Kier alpha value is -0.120. The predicted octanol–water partition coefficient (Wildman–Crippen LogP) is 3.18.